The van der Waals surface area contributed by atoms with Gasteiger partial charge in [0, 0.05) is 37.7 Å². The molecule has 0 aliphatic heterocycles. The van der Waals surface area contributed by atoms with Gasteiger partial charge in [0.15, 0.2) is 0 Å². The Kier molecular flexibility index (Phi) is 5.52. The second-order valence-electron chi connectivity index (χ2n) is 2.96. The van der Waals surface area contributed by atoms with Crippen LogP contribution in [-0.2, 0) is 9.33 Å². The van der Waals surface area contributed by atoms with Crippen LogP contribution in [0.5, 0.6) is 0 Å². The molecule has 0 spiro atoms. The molecule has 2 aromatic carbocycles. The van der Waals surface area contributed by atoms with Crippen LogP contribution in [0.4, 0.5) is 0 Å². The molecule has 0 aliphatic rings. The van der Waals surface area contributed by atoms with Gasteiger partial charge in [-0.2, -0.15) is 0 Å². The zero-order chi connectivity index (χ0) is 10.7. The molecule has 0 atom stereocenters. The molecule has 2 radical (unpaired) electrons. The quantitative estimate of drug-likeness (QED) is 0.474. The van der Waals surface area contributed by atoms with E-state index < -0.39 is 5.97 Å². The zero-order valence-electron chi connectivity index (χ0n) is 8.35. The van der Waals surface area contributed by atoms with E-state index in [0.29, 0.717) is 5.56 Å². The predicted octanol–water partition coefficient (Wildman–Crippen LogP) is 2.70. The van der Waals surface area contributed by atoms with Gasteiger partial charge in [-0.15, -0.1) is 0 Å². The molecule has 0 saturated heterocycles. The van der Waals surface area contributed by atoms with Gasteiger partial charge >= 0.3 is 5.97 Å². The van der Waals surface area contributed by atoms with Crippen molar-refractivity contribution in [3.8, 4) is 0 Å². The molecule has 0 saturated carbocycles. The number of rotatable bonds is 2. The fourth-order valence-corrected chi connectivity index (χ4v) is 1.53. The summed E-state index contributed by atoms with van der Waals surface area (Å²) < 4.78 is 3.83. The number of carbonyl (C=O) groups is 1. The van der Waals surface area contributed by atoms with Crippen molar-refractivity contribution in [2.75, 3.05) is 0 Å². The third-order valence-electron chi connectivity index (χ3n) is 2.12. The number of fused-ring (bicyclic) bond motifs is 1. The summed E-state index contributed by atoms with van der Waals surface area (Å²) in [6, 6.07) is 12.8. The molecule has 0 fully saturated rings. The van der Waals surface area contributed by atoms with Gasteiger partial charge in [0.25, 0.3) is 0 Å². The molecule has 0 heterocycles. The predicted molar refractivity (Wildman–Crippen MR) is 62.1 cm³/mol. The van der Waals surface area contributed by atoms with Crippen molar-refractivity contribution in [1.82, 2.24) is 0 Å². The third-order valence-corrected chi connectivity index (χ3v) is 2.18. The summed E-state index contributed by atoms with van der Waals surface area (Å²) in [6.07, 6.45) is 0. The van der Waals surface area contributed by atoms with Gasteiger partial charge in [0.2, 0.25) is 0 Å². The van der Waals surface area contributed by atoms with E-state index in [1.165, 1.54) is 0 Å². The van der Waals surface area contributed by atoms with E-state index in [0.717, 1.165) is 10.8 Å². The fraction of sp³-hybridized carbons (Fsp3) is 0. The molecule has 0 aromatic heterocycles. The minimum Gasteiger partial charge on any atom is -0.275 e. The Balaban J connectivity index is 0.00000128. The van der Waals surface area contributed by atoms with Crippen molar-refractivity contribution >= 4 is 66.3 Å². The molecule has 0 unspecified atom stereocenters. The molecule has 0 aliphatic carbocycles. The van der Waals surface area contributed by atoms with Gasteiger partial charge in [-0.05, 0) is 16.8 Å². The van der Waals surface area contributed by atoms with Crippen LogP contribution >= 0.6 is 11.9 Å². The molecule has 0 N–H and O–H groups in total. The standard InChI is InChI=1S/C11H7ClO3.Ca/c12-15-14-11(13)10-7-3-5-8-4-1-2-6-9(8)10;/h1-7H;. The minimum atomic E-state index is -0.609. The normalized spacial score (nSPS) is 9.56. The van der Waals surface area contributed by atoms with E-state index in [4.69, 9.17) is 11.9 Å². The van der Waals surface area contributed by atoms with E-state index >= 15 is 0 Å². The SMILES string of the molecule is O=C(OOCl)c1cccc2ccccc12.[Ca]. The van der Waals surface area contributed by atoms with Crippen LogP contribution in [0.2, 0.25) is 0 Å². The van der Waals surface area contributed by atoms with Crippen LogP contribution in [-0.4, -0.2) is 43.7 Å². The Morgan fingerprint density at radius 1 is 1.06 bits per heavy atom. The minimum absolute atomic E-state index is 0. The first-order chi connectivity index (χ1) is 7.33. The average Bonchev–Trinajstić information content (AvgIpc) is 2.28. The van der Waals surface area contributed by atoms with Gasteiger partial charge in [0.05, 0.1) is 5.56 Å². The molecule has 5 heteroatoms. The van der Waals surface area contributed by atoms with E-state index in [1.807, 2.05) is 30.3 Å². The number of carbonyl (C=O) groups excluding carboxylic acids is 1. The van der Waals surface area contributed by atoms with Gasteiger partial charge in [-0.3, -0.25) is 4.89 Å². The van der Waals surface area contributed by atoms with Crippen molar-refractivity contribution in [2.45, 2.75) is 0 Å². The molecule has 16 heavy (non-hydrogen) atoms. The first-order valence-corrected chi connectivity index (χ1v) is 4.61. The molecule has 2 aromatic rings. The van der Waals surface area contributed by atoms with Crippen molar-refractivity contribution in [3.63, 3.8) is 0 Å². The molecular weight excluding hydrogens is 256 g/mol. The Bertz CT molecular complexity index is 496. The van der Waals surface area contributed by atoms with Crippen LogP contribution in [0.3, 0.4) is 0 Å². The van der Waals surface area contributed by atoms with E-state index in [-0.39, 0.29) is 37.7 Å². The molecule has 0 bridgehead atoms. The van der Waals surface area contributed by atoms with Crippen molar-refractivity contribution in [3.05, 3.63) is 48.0 Å². The van der Waals surface area contributed by atoms with Gasteiger partial charge < -0.3 is 0 Å². The van der Waals surface area contributed by atoms with E-state index in [9.17, 15) is 4.79 Å². The summed E-state index contributed by atoms with van der Waals surface area (Å²) in [7, 11) is 0. The Labute approximate surface area is 127 Å². The topological polar surface area (TPSA) is 35.5 Å². The summed E-state index contributed by atoms with van der Waals surface area (Å²) >= 11 is 4.85. The molecule has 0 amide bonds. The average molecular weight is 263 g/mol. The van der Waals surface area contributed by atoms with Gasteiger partial charge in [-0.1, -0.05) is 40.8 Å². The van der Waals surface area contributed by atoms with Crippen LogP contribution < -0.4 is 0 Å². The van der Waals surface area contributed by atoms with Crippen LogP contribution in [0.15, 0.2) is 42.5 Å². The van der Waals surface area contributed by atoms with Crippen LogP contribution in [0.25, 0.3) is 10.8 Å². The molecular formula is C11H7CaClO3. The second-order valence-corrected chi connectivity index (χ2v) is 3.09. The maximum atomic E-state index is 11.4. The smallest absolute Gasteiger partial charge is 0.275 e. The number of benzene rings is 2. The molecule has 3 nitrogen and oxygen atoms in total. The second kappa shape index (κ2) is 6.42. The summed E-state index contributed by atoms with van der Waals surface area (Å²) in [4.78, 5) is 15.7. The Morgan fingerprint density at radius 2 is 1.75 bits per heavy atom. The Hall–Kier alpha value is -0.320. The monoisotopic (exact) mass is 262 g/mol. The largest absolute Gasteiger partial charge is 0.375 e. The summed E-state index contributed by atoms with van der Waals surface area (Å²) in [5, 5.41) is 1.76. The van der Waals surface area contributed by atoms with E-state index in [2.05, 4.69) is 9.33 Å². The molecule has 2 rings (SSSR count). The third kappa shape index (κ3) is 2.87. The number of hydrogen-bond donors (Lipinski definition) is 0. The summed E-state index contributed by atoms with van der Waals surface area (Å²) in [6.45, 7) is 0. The van der Waals surface area contributed by atoms with Gasteiger partial charge in [0.1, 0.15) is 11.9 Å². The fourth-order valence-electron chi connectivity index (χ4n) is 1.48. The maximum Gasteiger partial charge on any atom is 0.375 e. The first-order valence-electron chi connectivity index (χ1n) is 4.30. The number of hydrogen-bond acceptors (Lipinski definition) is 3. The zero-order valence-corrected chi connectivity index (χ0v) is 11.3. The Morgan fingerprint density at radius 3 is 2.50 bits per heavy atom. The van der Waals surface area contributed by atoms with E-state index in [1.54, 1.807) is 12.1 Å². The maximum absolute atomic E-state index is 11.4. The summed E-state index contributed by atoms with van der Waals surface area (Å²) in [5.74, 6) is -0.609. The number of halogens is 1. The van der Waals surface area contributed by atoms with Crippen molar-refractivity contribution < 1.29 is 14.1 Å². The summed E-state index contributed by atoms with van der Waals surface area (Å²) in [5.41, 5.74) is 0.425. The van der Waals surface area contributed by atoms with Crippen LogP contribution in [0.1, 0.15) is 10.4 Å². The molecule has 78 valence electrons. The van der Waals surface area contributed by atoms with Crippen molar-refractivity contribution in [2.24, 2.45) is 0 Å². The first kappa shape index (κ1) is 13.7. The van der Waals surface area contributed by atoms with Crippen LogP contribution in [0, 0.1) is 0 Å². The van der Waals surface area contributed by atoms with Crippen molar-refractivity contribution in [1.29, 1.82) is 0 Å². The van der Waals surface area contributed by atoms with Gasteiger partial charge in [-0.25, -0.2) is 4.79 Å².